The molecule has 0 atom stereocenters. The average Bonchev–Trinajstić information content (AvgIpc) is 1.84. The molecule has 0 radical (unpaired) electrons. The van der Waals surface area contributed by atoms with Crippen LogP contribution in [0.15, 0.2) is 0 Å². The monoisotopic (exact) mass is 149 g/mol. The van der Waals surface area contributed by atoms with Crippen molar-refractivity contribution in [1.29, 1.82) is 0 Å². The molecular formula is C5H11NO4. The zero-order valence-electron chi connectivity index (χ0n) is 5.45. The number of aliphatic carboxylic acids is 1. The standard InChI is InChI=1S/C5H11NO4/c6-3-1-2-5(9,10)4(7)8/h9-10H,1-3,6H2,(H,7,8). The summed E-state index contributed by atoms with van der Waals surface area (Å²) in [5, 5.41) is 25.4. The fourth-order valence-corrected chi connectivity index (χ4v) is 0.455. The van der Waals surface area contributed by atoms with Gasteiger partial charge in [-0.05, 0) is 13.0 Å². The van der Waals surface area contributed by atoms with E-state index in [-0.39, 0.29) is 19.4 Å². The molecule has 5 nitrogen and oxygen atoms in total. The summed E-state index contributed by atoms with van der Waals surface area (Å²) in [4.78, 5) is 9.99. The molecule has 0 unspecified atom stereocenters. The quantitative estimate of drug-likeness (QED) is 0.364. The minimum absolute atomic E-state index is 0.237. The number of carboxylic acids is 1. The van der Waals surface area contributed by atoms with E-state index in [0.29, 0.717) is 0 Å². The van der Waals surface area contributed by atoms with E-state index in [0.717, 1.165) is 0 Å². The highest BCUT2D eigenvalue weighted by atomic mass is 16.5. The van der Waals surface area contributed by atoms with E-state index in [1.807, 2.05) is 0 Å². The van der Waals surface area contributed by atoms with Crippen molar-refractivity contribution in [3.8, 4) is 0 Å². The Morgan fingerprint density at radius 1 is 1.50 bits per heavy atom. The largest absolute Gasteiger partial charge is 0.477 e. The lowest BCUT2D eigenvalue weighted by Crippen LogP contribution is -2.38. The van der Waals surface area contributed by atoms with Gasteiger partial charge in [0.05, 0.1) is 0 Å². The van der Waals surface area contributed by atoms with E-state index < -0.39 is 11.8 Å². The smallest absolute Gasteiger partial charge is 0.364 e. The highest BCUT2D eigenvalue weighted by molar-refractivity contribution is 5.74. The number of nitrogens with two attached hydrogens (primary N) is 1. The molecule has 0 bridgehead atoms. The zero-order valence-corrected chi connectivity index (χ0v) is 5.45. The van der Waals surface area contributed by atoms with Crippen molar-refractivity contribution in [2.24, 2.45) is 5.73 Å². The van der Waals surface area contributed by atoms with Crippen molar-refractivity contribution in [3.63, 3.8) is 0 Å². The fraction of sp³-hybridized carbons (Fsp3) is 0.800. The van der Waals surface area contributed by atoms with Crippen LogP contribution in [0.4, 0.5) is 0 Å². The van der Waals surface area contributed by atoms with Crippen molar-refractivity contribution >= 4 is 5.97 Å². The Hall–Kier alpha value is -0.650. The van der Waals surface area contributed by atoms with Gasteiger partial charge in [0.25, 0.3) is 5.79 Å². The Bertz CT molecular complexity index is 123. The van der Waals surface area contributed by atoms with E-state index in [4.69, 9.17) is 21.1 Å². The topological polar surface area (TPSA) is 104 Å². The van der Waals surface area contributed by atoms with E-state index in [9.17, 15) is 4.79 Å². The number of hydrogen-bond acceptors (Lipinski definition) is 4. The van der Waals surface area contributed by atoms with Crippen LogP contribution in [0.2, 0.25) is 0 Å². The summed E-state index contributed by atoms with van der Waals surface area (Å²) in [6.07, 6.45) is 0.0398. The SMILES string of the molecule is NCCCC(O)(O)C(=O)O. The van der Waals surface area contributed by atoms with Gasteiger partial charge in [-0.15, -0.1) is 0 Å². The van der Waals surface area contributed by atoms with E-state index in [1.54, 1.807) is 0 Å². The predicted molar refractivity (Wildman–Crippen MR) is 33.1 cm³/mol. The van der Waals surface area contributed by atoms with E-state index >= 15 is 0 Å². The van der Waals surface area contributed by atoms with Crippen LogP contribution < -0.4 is 5.73 Å². The second-order valence-electron chi connectivity index (χ2n) is 2.01. The lowest BCUT2D eigenvalue weighted by atomic mass is 10.1. The van der Waals surface area contributed by atoms with Crippen LogP contribution in [0.25, 0.3) is 0 Å². The van der Waals surface area contributed by atoms with Gasteiger partial charge in [0.2, 0.25) is 0 Å². The number of hydrogen-bond donors (Lipinski definition) is 4. The van der Waals surface area contributed by atoms with Crippen molar-refractivity contribution in [1.82, 2.24) is 0 Å². The molecule has 0 aromatic heterocycles. The van der Waals surface area contributed by atoms with Gasteiger partial charge in [-0.25, -0.2) is 4.79 Å². The Kier molecular flexibility index (Phi) is 3.27. The van der Waals surface area contributed by atoms with Gasteiger partial charge in [-0.3, -0.25) is 0 Å². The lowest BCUT2D eigenvalue weighted by Gasteiger charge is -2.14. The summed E-state index contributed by atoms with van der Waals surface area (Å²) >= 11 is 0. The molecular weight excluding hydrogens is 138 g/mol. The summed E-state index contributed by atoms with van der Waals surface area (Å²) in [7, 11) is 0. The van der Waals surface area contributed by atoms with Crippen molar-refractivity contribution in [2.75, 3.05) is 6.54 Å². The van der Waals surface area contributed by atoms with Gasteiger partial charge in [0, 0.05) is 6.42 Å². The predicted octanol–water partition coefficient (Wildman–Crippen LogP) is -1.51. The molecule has 5 heteroatoms. The number of aliphatic hydroxyl groups is 2. The summed E-state index contributed by atoms with van der Waals surface area (Å²) in [5.41, 5.74) is 5.02. The zero-order chi connectivity index (χ0) is 8.20. The molecule has 0 heterocycles. The third-order valence-corrected chi connectivity index (χ3v) is 1.07. The van der Waals surface area contributed by atoms with Crippen molar-refractivity contribution < 1.29 is 20.1 Å². The van der Waals surface area contributed by atoms with Crippen LogP contribution in [-0.4, -0.2) is 33.6 Å². The minimum Gasteiger partial charge on any atom is -0.477 e. The van der Waals surface area contributed by atoms with Crippen LogP contribution in [-0.2, 0) is 4.79 Å². The number of rotatable bonds is 4. The van der Waals surface area contributed by atoms with Gasteiger partial charge in [-0.2, -0.15) is 0 Å². The van der Waals surface area contributed by atoms with Crippen molar-refractivity contribution in [3.05, 3.63) is 0 Å². The molecule has 0 saturated carbocycles. The summed E-state index contributed by atoms with van der Waals surface area (Å²) in [6, 6.07) is 0. The molecule has 0 amide bonds. The van der Waals surface area contributed by atoms with Crippen LogP contribution in [0.3, 0.4) is 0 Å². The summed E-state index contributed by atoms with van der Waals surface area (Å²) < 4.78 is 0. The van der Waals surface area contributed by atoms with Gasteiger partial charge < -0.3 is 21.1 Å². The highest BCUT2D eigenvalue weighted by Gasteiger charge is 2.31. The second-order valence-corrected chi connectivity index (χ2v) is 2.01. The minimum atomic E-state index is -2.61. The number of carboxylic acid groups (broad SMARTS) is 1. The lowest BCUT2D eigenvalue weighted by molar-refractivity contribution is -0.205. The Labute approximate surface area is 58.1 Å². The molecule has 0 fully saturated rings. The Balaban J connectivity index is 3.75. The molecule has 60 valence electrons. The van der Waals surface area contributed by atoms with Gasteiger partial charge in [0.15, 0.2) is 0 Å². The van der Waals surface area contributed by atoms with Crippen LogP contribution in [0.1, 0.15) is 12.8 Å². The molecule has 0 aliphatic heterocycles. The van der Waals surface area contributed by atoms with Crippen LogP contribution >= 0.6 is 0 Å². The molecule has 0 spiro atoms. The average molecular weight is 149 g/mol. The molecule has 5 N–H and O–H groups in total. The molecule has 10 heavy (non-hydrogen) atoms. The molecule has 0 saturated heterocycles. The molecule has 0 rings (SSSR count). The van der Waals surface area contributed by atoms with Crippen LogP contribution in [0, 0.1) is 0 Å². The molecule has 0 aromatic carbocycles. The molecule has 0 aliphatic carbocycles. The molecule has 0 aliphatic rings. The van der Waals surface area contributed by atoms with Gasteiger partial charge in [0.1, 0.15) is 0 Å². The second kappa shape index (κ2) is 3.50. The maximum Gasteiger partial charge on any atom is 0.364 e. The fourth-order valence-electron chi connectivity index (χ4n) is 0.455. The first-order chi connectivity index (χ1) is 4.50. The third-order valence-electron chi connectivity index (χ3n) is 1.07. The van der Waals surface area contributed by atoms with Gasteiger partial charge >= 0.3 is 5.97 Å². The molecule has 0 aromatic rings. The normalized spacial score (nSPS) is 11.5. The van der Waals surface area contributed by atoms with Crippen molar-refractivity contribution in [2.45, 2.75) is 18.6 Å². The Morgan fingerprint density at radius 3 is 2.30 bits per heavy atom. The maximum absolute atomic E-state index is 9.99. The number of carbonyl (C=O) groups is 1. The first kappa shape index (κ1) is 9.35. The summed E-state index contributed by atoms with van der Waals surface area (Å²) in [6.45, 7) is 0.246. The third kappa shape index (κ3) is 2.77. The Morgan fingerprint density at radius 2 is 2.00 bits per heavy atom. The van der Waals surface area contributed by atoms with Gasteiger partial charge in [-0.1, -0.05) is 0 Å². The highest BCUT2D eigenvalue weighted by Crippen LogP contribution is 2.07. The van der Waals surface area contributed by atoms with E-state index in [1.165, 1.54) is 0 Å². The first-order valence-electron chi connectivity index (χ1n) is 2.89. The first-order valence-corrected chi connectivity index (χ1v) is 2.89. The van der Waals surface area contributed by atoms with E-state index in [2.05, 4.69) is 0 Å². The van der Waals surface area contributed by atoms with Crippen LogP contribution in [0.5, 0.6) is 0 Å². The summed E-state index contributed by atoms with van der Waals surface area (Å²) in [5.74, 6) is -4.25. The maximum atomic E-state index is 9.99.